The zero-order valence-corrected chi connectivity index (χ0v) is 68.7. The van der Waals surface area contributed by atoms with E-state index < -0.39 is 159 Å². The van der Waals surface area contributed by atoms with Crippen LogP contribution in [-0.2, 0) is 110 Å². The first-order valence-corrected chi connectivity index (χ1v) is 41.0. The number of unbranched alkanes of at least 4 members (excludes halogenated alkanes) is 7. The number of nitrogens with one attached hydrogen (secondary N) is 7. The fourth-order valence-electron chi connectivity index (χ4n) is 12.6. The van der Waals surface area contributed by atoms with Gasteiger partial charge in [-0.1, -0.05) is 12.8 Å². The van der Waals surface area contributed by atoms with Crippen LogP contribution >= 0.6 is 0 Å². The molecule has 3 heterocycles. The van der Waals surface area contributed by atoms with Crippen molar-refractivity contribution < 1.29 is 160 Å². The molecule has 15 atom stereocenters. The summed E-state index contributed by atoms with van der Waals surface area (Å²) < 4.78 is 68.5. The monoisotopic (exact) mass is 1700 g/mol. The molecular formula is C77H134N9O32+. The van der Waals surface area contributed by atoms with Gasteiger partial charge in [-0.3, -0.25) is 52.7 Å². The molecule has 16 N–H and O–H groups in total. The van der Waals surface area contributed by atoms with Crippen LogP contribution in [0.4, 0.5) is 0 Å². The summed E-state index contributed by atoms with van der Waals surface area (Å²) in [5.41, 5.74) is -1.58. The Morgan fingerprint density at radius 3 is 1.06 bits per heavy atom. The highest BCUT2D eigenvalue weighted by atomic mass is 16.7. The van der Waals surface area contributed by atoms with Crippen molar-refractivity contribution in [1.29, 1.82) is 0 Å². The van der Waals surface area contributed by atoms with E-state index in [9.17, 15) is 98.7 Å². The fraction of sp³-hybridized carbons (Fsp3) is 0.844. The first-order chi connectivity index (χ1) is 56.7. The lowest BCUT2D eigenvalue weighted by Gasteiger charge is -2.42. The first kappa shape index (κ1) is 106. The molecule has 7 amide bonds. The van der Waals surface area contributed by atoms with Crippen LogP contribution in [0.25, 0.3) is 0 Å². The number of Topliss-reactive ketones (excluding diaryl/α,β-unsaturated/α-hetero) is 4. The standard InChI is InChI=1S/C77H133N9O32/c1-51(90)83-65-71(104)68(101)58(45-87)116-74(65)113-32-14-11-22-54(93)18-7-5-9-20-56(95)25-35-110-48-77(86-64(100)44-63(99)81-30-38-107-40-42-109-43-41-108-39-31-82-78-4,49-111-36-26-57(96)21-10-6-8-19-55(94)23-12-15-33-114-75-66(84-52(2)91)72(105)69(102)59(46-88)117-75)50-112-37-27-62(98)80-29-17-28-79-61(97)24-13-16-34-115-76-67(85-53(3)92)73(106)70(103)60(47-89)118-76/h58-60,65-76,87-89,101-106H,4-50H2,1-3H3,(H6-,79,80,81,83,84,85,86,90,91,92,97,98,99,100)/p+1. The number of ketones is 4. The maximum absolute atomic E-state index is 13.9. The third-order valence-electron chi connectivity index (χ3n) is 19.1. The minimum atomic E-state index is -1.58. The molecule has 3 fully saturated rings. The maximum atomic E-state index is 13.9. The quantitative estimate of drug-likeness (QED) is 0.00912. The van der Waals surface area contributed by atoms with E-state index in [1.165, 1.54) is 20.8 Å². The van der Waals surface area contributed by atoms with Crippen LogP contribution in [0.1, 0.15) is 175 Å². The van der Waals surface area contributed by atoms with Crippen molar-refractivity contribution in [1.82, 2.24) is 37.2 Å². The predicted octanol–water partition coefficient (Wildman–Crippen LogP) is -3.83. The van der Waals surface area contributed by atoms with E-state index in [2.05, 4.69) is 53.8 Å². The number of hydrogen-bond acceptors (Lipinski definition) is 33. The predicted molar refractivity (Wildman–Crippen MR) is 414 cm³/mol. The van der Waals surface area contributed by atoms with E-state index in [4.69, 9.17) is 56.8 Å². The van der Waals surface area contributed by atoms with Gasteiger partial charge in [0.2, 0.25) is 41.4 Å². The average Bonchev–Trinajstić information content (AvgIpc) is 0.816. The molecule has 0 radical (unpaired) electrons. The highest BCUT2D eigenvalue weighted by Crippen LogP contribution is 2.26. The average molecular weight is 1700 g/mol. The van der Waals surface area contributed by atoms with Gasteiger partial charge in [-0.05, 0) is 70.6 Å². The van der Waals surface area contributed by atoms with Gasteiger partial charge in [-0.2, -0.15) is 0 Å². The fourth-order valence-corrected chi connectivity index (χ4v) is 12.6. The number of nitrogens with zero attached hydrogens (tertiary/aromatic N) is 2. The molecule has 0 aromatic rings. The summed E-state index contributed by atoms with van der Waals surface area (Å²) in [4.78, 5) is 143. The molecule has 41 nitrogen and oxygen atoms in total. The van der Waals surface area contributed by atoms with Gasteiger partial charge in [0.1, 0.15) is 115 Å². The summed E-state index contributed by atoms with van der Waals surface area (Å²) >= 11 is 0. The molecular weight excluding hydrogens is 1560 g/mol. The van der Waals surface area contributed by atoms with Crippen molar-refractivity contribution >= 4 is 71.2 Å². The Bertz CT molecular complexity index is 2720. The Kier molecular flexibility index (Phi) is 56.8. The van der Waals surface area contributed by atoms with Gasteiger partial charge in [0, 0.05) is 129 Å². The number of carbonyl (C=O) groups excluding carboxylic acids is 11. The molecule has 3 saturated heterocycles. The minimum Gasteiger partial charge on any atom is -0.394 e. The van der Waals surface area contributed by atoms with Crippen molar-refractivity contribution in [2.75, 3.05) is 145 Å². The SMILES string of the molecule is C=[N+]=NCCOCCOCCOCCNC(=O)CC(=O)NC(COCCC(=O)CCCCCC(=O)CCCCOC1OC(CO)C(O)C(O)C1NC(C)=O)(COCCC(=O)CCCCCC(=O)CCCCOC1OC(CO)C(O)C(O)C1NC(C)=O)COCCC(=O)NCCCNC(=O)CCCCOC1OC(CO)C(O)C(O)C1NC(C)=O. The number of ether oxygens (including phenoxy) is 12. The molecule has 3 aliphatic heterocycles. The second-order valence-corrected chi connectivity index (χ2v) is 29.2. The van der Waals surface area contributed by atoms with Gasteiger partial charge < -0.3 is 140 Å². The van der Waals surface area contributed by atoms with Gasteiger partial charge in [0.15, 0.2) is 18.9 Å². The van der Waals surface area contributed by atoms with Crippen LogP contribution in [0.5, 0.6) is 0 Å². The molecule has 0 aromatic heterocycles. The molecule has 0 aromatic carbocycles. The number of rotatable bonds is 70. The van der Waals surface area contributed by atoms with Gasteiger partial charge in [0.25, 0.3) is 6.72 Å². The molecule has 0 aliphatic carbocycles. The van der Waals surface area contributed by atoms with Crippen molar-refractivity contribution in [3.05, 3.63) is 0 Å². The normalized spacial score (nSPS) is 23.5. The number of aliphatic hydroxyl groups excluding tert-OH is 9. The number of aliphatic hydroxyl groups is 9. The van der Waals surface area contributed by atoms with Gasteiger partial charge >= 0.3 is 0 Å². The van der Waals surface area contributed by atoms with Crippen LogP contribution in [0.3, 0.4) is 0 Å². The van der Waals surface area contributed by atoms with E-state index in [-0.39, 0.29) is 192 Å². The van der Waals surface area contributed by atoms with Gasteiger partial charge in [-0.15, -0.1) is 0 Å². The van der Waals surface area contributed by atoms with Crippen molar-refractivity contribution in [2.45, 2.75) is 272 Å². The smallest absolute Gasteiger partial charge is 0.295 e. The van der Waals surface area contributed by atoms with Gasteiger partial charge in [0.05, 0.1) is 104 Å². The Morgan fingerprint density at radius 2 is 0.686 bits per heavy atom. The highest BCUT2D eigenvalue weighted by Gasteiger charge is 2.48. The van der Waals surface area contributed by atoms with Crippen LogP contribution < -0.4 is 37.2 Å². The van der Waals surface area contributed by atoms with E-state index in [0.29, 0.717) is 110 Å². The summed E-state index contributed by atoms with van der Waals surface area (Å²) in [5.74, 6) is -3.87. The Morgan fingerprint density at radius 1 is 0.356 bits per heavy atom. The Hall–Kier alpha value is -6.49. The first-order valence-electron chi connectivity index (χ1n) is 41.0. The Labute approximate surface area is 688 Å². The second-order valence-electron chi connectivity index (χ2n) is 29.2. The van der Waals surface area contributed by atoms with E-state index in [0.717, 1.165) is 0 Å². The number of amides is 7. The van der Waals surface area contributed by atoms with Crippen LogP contribution in [0.15, 0.2) is 5.11 Å². The summed E-state index contributed by atoms with van der Waals surface area (Å²) in [6, 6.07) is -3.28. The number of hydrogen-bond donors (Lipinski definition) is 16. The molecule has 41 heteroatoms. The zero-order chi connectivity index (χ0) is 86.9. The second kappa shape index (κ2) is 63.5. The third kappa shape index (κ3) is 46.0. The van der Waals surface area contributed by atoms with Crippen molar-refractivity contribution in [3.8, 4) is 0 Å². The Balaban J connectivity index is 1.59. The van der Waals surface area contributed by atoms with Crippen molar-refractivity contribution in [3.63, 3.8) is 0 Å². The topological polar surface area (TPSA) is 591 Å². The van der Waals surface area contributed by atoms with E-state index >= 15 is 0 Å². The lowest BCUT2D eigenvalue weighted by atomic mass is 9.97. The summed E-state index contributed by atoms with van der Waals surface area (Å²) in [7, 11) is 0. The van der Waals surface area contributed by atoms with E-state index in [1.54, 1.807) is 0 Å². The van der Waals surface area contributed by atoms with E-state index in [1.807, 2.05) is 0 Å². The van der Waals surface area contributed by atoms with Crippen LogP contribution in [-0.4, -0.2) is 365 Å². The summed E-state index contributed by atoms with van der Waals surface area (Å²) in [5, 5.41) is 113. The lowest BCUT2D eigenvalue weighted by Crippen LogP contribution is -2.64. The van der Waals surface area contributed by atoms with Gasteiger partial charge in [-0.25, -0.2) is 0 Å². The number of carbonyl (C=O) groups is 11. The molecule has 118 heavy (non-hydrogen) atoms. The molecule has 3 rings (SSSR count). The summed E-state index contributed by atoms with van der Waals surface area (Å²) in [6.07, 6.45) is -8.89. The molecule has 15 unspecified atom stereocenters. The van der Waals surface area contributed by atoms with Crippen molar-refractivity contribution in [2.24, 2.45) is 5.11 Å². The largest absolute Gasteiger partial charge is 0.394 e. The van der Waals surface area contributed by atoms with Crippen LogP contribution in [0.2, 0.25) is 0 Å². The molecule has 0 spiro atoms. The minimum absolute atomic E-state index is 0.00598. The third-order valence-corrected chi connectivity index (χ3v) is 19.1. The van der Waals surface area contributed by atoms with Crippen LogP contribution in [0, 0.1) is 0 Å². The maximum Gasteiger partial charge on any atom is 0.295 e. The highest BCUT2D eigenvalue weighted by molar-refractivity contribution is 5.97. The molecule has 3 aliphatic rings. The summed E-state index contributed by atoms with van der Waals surface area (Å²) in [6.45, 7) is 6.37. The lowest BCUT2D eigenvalue weighted by molar-refractivity contribution is -0.270. The molecule has 0 saturated carbocycles. The zero-order valence-electron chi connectivity index (χ0n) is 68.7. The molecule has 0 bridgehead atoms. The molecule has 678 valence electrons.